The van der Waals surface area contributed by atoms with Gasteiger partial charge in [-0.3, -0.25) is 0 Å². The monoisotopic (exact) mass is 231 g/mol. The molecule has 0 amide bonds. The molecule has 0 N–H and O–H groups in total. The van der Waals surface area contributed by atoms with Gasteiger partial charge in [0, 0.05) is 18.5 Å². The van der Waals surface area contributed by atoms with Gasteiger partial charge in [-0.05, 0) is 24.3 Å². The van der Waals surface area contributed by atoms with Crippen LogP contribution in [0, 0.1) is 0 Å². The molecule has 0 atom stereocenters. The molecule has 2 rings (SSSR count). The molecule has 0 fully saturated rings. The van der Waals surface area contributed by atoms with Crippen molar-refractivity contribution >= 4 is 5.97 Å². The highest BCUT2D eigenvalue weighted by Gasteiger charge is 2.13. The summed E-state index contributed by atoms with van der Waals surface area (Å²) < 4.78 is 11.8. The van der Waals surface area contributed by atoms with Crippen molar-refractivity contribution in [3.8, 4) is 11.4 Å². The van der Waals surface area contributed by atoms with E-state index < -0.39 is 0 Å². The average molecular weight is 231 g/mol. The molecule has 0 unspecified atom stereocenters. The number of aromatic nitrogens is 1. The average Bonchev–Trinajstić information content (AvgIpc) is 2.91. The first-order chi connectivity index (χ1) is 8.26. The summed E-state index contributed by atoms with van der Waals surface area (Å²) in [5.74, 6) is 0.331. The molecule has 0 saturated carbocycles. The fourth-order valence-electron chi connectivity index (χ4n) is 1.63. The summed E-state index contributed by atoms with van der Waals surface area (Å²) in [6, 6.07) is 9.01. The molecule has 0 spiro atoms. The van der Waals surface area contributed by atoms with E-state index in [4.69, 9.17) is 9.47 Å². The maximum atomic E-state index is 11.7. The van der Waals surface area contributed by atoms with Gasteiger partial charge in [-0.2, -0.15) is 0 Å². The number of nitrogens with zero attached hydrogens (tertiary/aromatic N) is 1. The fraction of sp³-hybridized carbons (Fsp3) is 0.154. The van der Waals surface area contributed by atoms with Crippen LogP contribution in [0.1, 0.15) is 10.4 Å². The van der Waals surface area contributed by atoms with Crippen LogP contribution in [-0.2, 0) is 4.74 Å². The van der Waals surface area contributed by atoms with Crippen molar-refractivity contribution < 1.29 is 14.3 Å². The third-order valence-electron chi connectivity index (χ3n) is 2.49. The first kappa shape index (κ1) is 11.3. The Balaban J connectivity index is 2.56. The standard InChI is InChI=1S/C13H13NO3/c1-16-10-5-6-11(13(15)17-2)12(9-10)14-7-3-4-8-14/h3-9H,1-2H3. The summed E-state index contributed by atoms with van der Waals surface area (Å²) in [5, 5.41) is 0. The van der Waals surface area contributed by atoms with E-state index in [9.17, 15) is 4.79 Å². The van der Waals surface area contributed by atoms with E-state index in [1.54, 1.807) is 25.3 Å². The zero-order valence-electron chi connectivity index (χ0n) is 9.71. The Morgan fingerprint density at radius 3 is 2.47 bits per heavy atom. The second kappa shape index (κ2) is 4.74. The first-order valence-corrected chi connectivity index (χ1v) is 5.16. The van der Waals surface area contributed by atoms with Crippen LogP contribution in [0.25, 0.3) is 5.69 Å². The van der Waals surface area contributed by atoms with Crippen LogP contribution in [0.5, 0.6) is 5.75 Å². The summed E-state index contributed by atoms with van der Waals surface area (Å²) in [6.07, 6.45) is 3.72. The first-order valence-electron chi connectivity index (χ1n) is 5.16. The van der Waals surface area contributed by atoms with E-state index >= 15 is 0 Å². The van der Waals surface area contributed by atoms with E-state index in [-0.39, 0.29) is 5.97 Å². The Bertz CT molecular complexity index is 517. The molecule has 1 aromatic heterocycles. The van der Waals surface area contributed by atoms with Gasteiger partial charge in [-0.15, -0.1) is 0 Å². The molecule has 4 nitrogen and oxygen atoms in total. The molecule has 17 heavy (non-hydrogen) atoms. The van der Waals surface area contributed by atoms with Crippen molar-refractivity contribution in [1.29, 1.82) is 0 Å². The van der Waals surface area contributed by atoms with Gasteiger partial charge >= 0.3 is 5.97 Å². The van der Waals surface area contributed by atoms with E-state index in [0.717, 1.165) is 5.69 Å². The van der Waals surface area contributed by atoms with Crippen molar-refractivity contribution in [1.82, 2.24) is 4.57 Å². The van der Waals surface area contributed by atoms with Crippen LogP contribution in [0.3, 0.4) is 0 Å². The van der Waals surface area contributed by atoms with Crippen LogP contribution in [-0.4, -0.2) is 24.8 Å². The molecule has 2 aromatic rings. The molecule has 88 valence electrons. The van der Waals surface area contributed by atoms with Crippen LogP contribution < -0.4 is 4.74 Å². The summed E-state index contributed by atoms with van der Waals surface area (Å²) in [4.78, 5) is 11.7. The summed E-state index contributed by atoms with van der Waals surface area (Å²) in [5.41, 5.74) is 1.24. The highest BCUT2D eigenvalue weighted by molar-refractivity contribution is 5.93. The zero-order valence-corrected chi connectivity index (χ0v) is 9.71. The number of hydrogen-bond donors (Lipinski definition) is 0. The maximum Gasteiger partial charge on any atom is 0.339 e. The highest BCUT2D eigenvalue weighted by Crippen LogP contribution is 2.22. The third kappa shape index (κ3) is 2.15. The minimum Gasteiger partial charge on any atom is -0.497 e. The minimum atomic E-state index is -0.364. The molecule has 0 bridgehead atoms. The van der Waals surface area contributed by atoms with Crippen molar-refractivity contribution in [3.05, 3.63) is 48.3 Å². The van der Waals surface area contributed by atoms with Gasteiger partial charge in [0.2, 0.25) is 0 Å². The zero-order chi connectivity index (χ0) is 12.3. The Morgan fingerprint density at radius 2 is 1.88 bits per heavy atom. The van der Waals surface area contributed by atoms with E-state index in [0.29, 0.717) is 11.3 Å². The lowest BCUT2D eigenvalue weighted by Gasteiger charge is -2.10. The summed E-state index contributed by atoms with van der Waals surface area (Å²) in [7, 11) is 2.96. The predicted octanol–water partition coefficient (Wildman–Crippen LogP) is 2.27. The lowest BCUT2D eigenvalue weighted by Crippen LogP contribution is -2.07. The molecular formula is C13H13NO3. The topological polar surface area (TPSA) is 40.5 Å². The van der Waals surface area contributed by atoms with Gasteiger partial charge in [0.1, 0.15) is 5.75 Å². The molecule has 0 radical (unpaired) electrons. The number of ether oxygens (including phenoxy) is 2. The van der Waals surface area contributed by atoms with Crippen LogP contribution in [0.2, 0.25) is 0 Å². The van der Waals surface area contributed by atoms with Gasteiger partial charge in [0.05, 0.1) is 25.5 Å². The molecule has 0 saturated heterocycles. The van der Waals surface area contributed by atoms with Crippen molar-refractivity contribution in [2.75, 3.05) is 14.2 Å². The Kier molecular flexibility index (Phi) is 3.14. The molecule has 4 heteroatoms. The lowest BCUT2D eigenvalue weighted by atomic mass is 10.1. The third-order valence-corrected chi connectivity index (χ3v) is 2.49. The number of esters is 1. The normalized spacial score (nSPS) is 10.0. The van der Waals surface area contributed by atoms with Gasteiger partial charge < -0.3 is 14.0 Å². The van der Waals surface area contributed by atoms with E-state index in [2.05, 4.69) is 0 Å². The summed E-state index contributed by atoms with van der Waals surface area (Å²) in [6.45, 7) is 0. The number of methoxy groups -OCH3 is 2. The highest BCUT2D eigenvalue weighted by atomic mass is 16.5. The number of carbonyl (C=O) groups is 1. The van der Waals surface area contributed by atoms with Gasteiger partial charge in [0.15, 0.2) is 0 Å². The SMILES string of the molecule is COC(=O)c1ccc(OC)cc1-n1cccc1. The second-order valence-electron chi connectivity index (χ2n) is 3.46. The van der Waals surface area contributed by atoms with E-state index in [1.165, 1.54) is 7.11 Å². The quantitative estimate of drug-likeness (QED) is 0.761. The predicted molar refractivity (Wildman–Crippen MR) is 63.7 cm³/mol. The van der Waals surface area contributed by atoms with Crippen molar-refractivity contribution in [3.63, 3.8) is 0 Å². The van der Waals surface area contributed by atoms with Gasteiger partial charge in [0.25, 0.3) is 0 Å². The fourth-order valence-corrected chi connectivity index (χ4v) is 1.63. The number of carbonyl (C=O) groups excluding carboxylic acids is 1. The molecule has 0 aliphatic rings. The smallest absolute Gasteiger partial charge is 0.339 e. The Morgan fingerprint density at radius 1 is 1.18 bits per heavy atom. The lowest BCUT2D eigenvalue weighted by molar-refractivity contribution is 0.0600. The molecule has 1 aromatic carbocycles. The molecule has 1 heterocycles. The largest absolute Gasteiger partial charge is 0.497 e. The molecule has 0 aliphatic carbocycles. The second-order valence-corrected chi connectivity index (χ2v) is 3.46. The minimum absolute atomic E-state index is 0.364. The molecular weight excluding hydrogens is 218 g/mol. The molecule has 0 aliphatic heterocycles. The van der Waals surface area contributed by atoms with Gasteiger partial charge in [-0.25, -0.2) is 4.79 Å². The summed E-state index contributed by atoms with van der Waals surface area (Å²) >= 11 is 0. The van der Waals surface area contributed by atoms with Gasteiger partial charge in [-0.1, -0.05) is 0 Å². The number of hydrogen-bond acceptors (Lipinski definition) is 3. The van der Waals surface area contributed by atoms with Crippen molar-refractivity contribution in [2.45, 2.75) is 0 Å². The van der Waals surface area contributed by atoms with Crippen LogP contribution >= 0.6 is 0 Å². The Hall–Kier alpha value is -2.23. The number of rotatable bonds is 3. The maximum absolute atomic E-state index is 11.7. The Labute approximate surface area is 99.4 Å². The van der Waals surface area contributed by atoms with Crippen LogP contribution in [0.4, 0.5) is 0 Å². The van der Waals surface area contributed by atoms with E-state index in [1.807, 2.05) is 29.1 Å². The number of benzene rings is 1. The van der Waals surface area contributed by atoms with Crippen molar-refractivity contribution in [2.24, 2.45) is 0 Å². The van der Waals surface area contributed by atoms with Crippen LogP contribution in [0.15, 0.2) is 42.7 Å².